The minimum absolute atomic E-state index is 0.0878. The van der Waals surface area contributed by atoms with Gasteiger partial charge in [-0.1, -0.05) is 42.4 Å². The van der Waals surface area contributed by atoms with Crippen LogP contribution in [0, 0.1) is 0 Å². The summed E-state index contributed by atoms with van der Waals surface area (Å²) in [6.45, 7) is 4.92. The molecule has 0 heterocycles. The van der Waals surface area contributed by atoms with Gasteiger partial charge in [0.2, 0.25) is 0 Å². The molecule has 0 aliphatic carbocycles. The predicted molar refractivity (Wildman–Crippen MR) is 70.3 cm³/mol. The first-order chi connectivity index (χ1) is 8.19. The van der Waals surface area contributed by atoms with Crippen molar-refractivity contribution in [2.75, 3.05) is 6.54 Å². The van der Waals surface area contributed by atoms with Crippen molar-refractivity contribution < 1.29 is 5.21 Å². The second-order valence-corrected chi connectivity index (χ2v) is 4.21. The average Bonchev–Trinajstić information content (AvgIpc) is 2.39. The van der Waals surface area contributed by atoms with Gasteiger partial charge in [-0.15, -0.1) is 0 Å². The Morgan fingerprint density at radius 3 is 2.59 bits per heavy atom. The first-order valence-electron chi connectivity index (χ1n) is 5.94. The second-order valence-electron chi connectivity index (χ2n) is 4.21. The Morgan fingerprint density at radius 2 is 2.06 bits per heavy atom. The van der Waals surface area contributed by atoms with Crippen LogP contribution in [-0.4, -0.2) is 23.6 Å². The van der Waals surface area contributed by atoms with E-state index in [2.05, 4.69) is 24.3 Å². The molecule has 0 aliphatic heterocycles. The van der Waals surface area contributed by atoms with Gasteiger partial charge in [0.15, 0.2) is 0 Å². The fourth-order valence-corrected chi connectivity index (χ4v) is 1.61. The zero-order valence-corrected chi connectivity index (χ0v) is 10.4. The summed E-state index contributed by atoms with van der Waals surface area (Å²) >= 11 is 0. The van der Waals surface area contributed by atoms with Crippen molar-refractivity contribution in [3.05, 3.63) is 35.9 Å². The van der Waals surface area contributed by atoms with Gasteiger partial charge in [-0.3, -0.25) is 0 Å². The highest BCUT2D eigenvalue weighted by atomic mass is 16.4. The minimum atomic E-state index is -0.0878. The molecule has 2 atom stereocenters. The summed E-state index contributed by atoms with van der Waals surface area (Å²) in [7, 11) is 0. The van der Waals surface area contributed by atoms with E-state index in [1.807, 2.05) is 30.3 Å². The Morgan fingerprint density at radius 1 is 1.41 bits per heavy atom. The van der Waals surface area contributed by atoms with Crippen molar-refractivity contribution in [2.45, 2.75) is 32.2 Å². The Bertz CT molecular complexity index is 351. The molecule has 1 aromatic rings. The van der Waals surface area contributed by atoms with Crippen molar-refractivity contribution in [1.29, 1.82) is 0 Å². The van der Waals surface area contributed by atoms with E-state index >= 15 is 0 Å². The summed E-state index contributed by atoms with van der Waals surface area (Å²) in [5.41, 5.74) is 6.79. The van der Waals surface area contributed by atoms with Crippen LogP contribution in [0.15, 0.2) is 35.5 Å². The van der Waals surface area contributed by atoms with Crippen molar-refractivity contribution in [3.63, 3.8) is 0 Å². The molecular weight excluding hydrogens is 214 g/mol. The van der Waals surface area contributed by atoms with Gasteiger partial charge in [-0.25, -0.2) is 0 Å². The number of rotatable bonds is 6. The highest BCUT2D eigenvalue weighted by Crippen LogP contribution is 2.15. The van der Waals surface area contributed by atoms with Crippen molar-refractivity contribution >= 4 is 5.84 Å². The lowest BCUT2D eigenvalue weighted by molar-refractivity contribution is 0.315. The zero-order chi connectivity index (χ0) is 12.7. The maximum absolute atomic E-state index is 8.82. The molecule has 0 spiro atoms. The zero-order valence-electron chi connectivity index (χ0n) is 10.4. The third-order valence-corrected chi connectivity index (χ3v) is 2.96. The molecule has 0 aliphatic rings. The van der Waals surface area contributed by atoms with Gasteiger partial charge in [0.25, 0.3) is 0 Å². The second kappa shape index (κ2) is 6.91. The van der Waals surface area contributed by atoms with Crippen molar-refractivity contribution in [1.82, 2.24) is 5.32 Å². The van der Waals surface area contributed by atoms with E-state index in [0.717, 1.165) is 12.0 Å². The third-order valence-electron chi connectivity index (χ3n) is 2.96. The van der Waals surface area contributed by atoms with Gasteiger partial charge in [-0.2, -0.15) is 0 Å². The van der Waals surface area contributed by atoms with Crippen LogP contribution in [0.1, 0.15) is 31.7 Å². The molecule has 4 heteroatoms. The number of oxime groups is 1. The molecule has 0 bridgehead atoms. The first kappa shape index (κ1) is 13.5. The molecule has 2 unspecified atom stereocenters. The first-order valence-corrected chi connectivity index (χ1v) is 5.94. The topological polar surface area (TPSA) is 70.6 Å². The third kappa shape index (κ3) is 4.07. The molecule has 0 amide bonds. The van der Waals surface area contributed by atoms with E-state index in [1.165, 1.54) is 0 Å². The summed E-state index contributed by atoms with van der Waals surface area (Å²) in [4.78, 5) is 0. The van der Waals surface area contributed by atoms with Crippen LogP contribution < -0.4 is 11.1 Å². The summed E-state index contributed by atoms with van der Waals surface area (Å²) < 4.78 is 0. The number of hydrogen-bond donors (Lipinski definition) is 3. The number of benzene rings is 1. The fraction of sp³-hybridized carbons (Fsp3) is 0.462. The van der Waals surface area contributed by atoms with Crippen LogP contribution in [-0.2, 0) is 0 Å². The number of nitrogens with one attached hydrogen (secondary N) is 1. The summed E-state index contributed by atoms with van der Waals surface area (Å²) in [6, 6.07) is 10.3. The van der Waals surface area contributed by atoms with E-state index in [0.29, 0.717) is 12.6 Å². The SMILES string of the molecule is CCC(C)NCC(/C(N)=N/O)c1ccccc1. The van der Waals surface area contributed by atoms with E-state index in [-0.39, 0.29) is 11.8 Å². The maximum Gasteiger partial charge on any atom is 0.147 e. The molecule has 0 aromatic heterocycles. The molecule has 0 radical (unpaired) electrons. The monoisotopic (exact) mass is 235 g/mol. The highest BCUT2D eigenvalue weighted by molar-refractivity contribution is 5.87. The van der Waals surface area contributed by atoms with Crippen LogP contribution in [0.2, 0.25) is 0 Å². The van der Waals surface area contributed by atoms with Gasteiger partial charge < -0.3 is 16.3 Å². The van der Waals surface area contributed by atoms with Gasteiger partial charge in [0, 0.05) is 12.6 Å². The molecule has 0 saturated carbocycles. The quantitative estimate of drug-likeness (QED) is 0.305. The minimum Gasteiger partial charge on any atom is -0.409 e. The van der Waals surface area contributed by atoms with Gasteiger partial charge >= 0.3 is 0 Å². The summed E-state index contributed by atoms with van der Waals surface area (Å²) in [5, 5.41) is 15.3. The van der Waals surface area contributed by atoms with Gasteiger partial charge in [0.1, 0.15) is 5.84 Å². The lowest BCUT2D eigenvalue weighted by Crippen LogP contribution is -2.35. The smallest absolute Gasteiger partial charge is 0.147 e. The Balaban J connectivity index is 2.75. The standard InChI is InChI=1S/C13H21N3O/c1-3-10(2)15-9-12(13(14)16-17)11-7-5-4-6-8-11/h4-8,10,12,15,17H,3,9H2,1-2H3,(H2,14,16). The van der Waals surface area contributed by atoms with E-state index < -0.39 is 0 Å². The van der Waals surface area contributed by atoms with Crippen LogP contribution in [0.5, 0.6) is 0 Å². The average molecular weight is 235 g/mol. The molecule has 0 fully saturated rings. The largest absolute Gasteiger partial charge is 0.409 e. The normalized spacial score (nSPS) is 15.5. The summed E-state index contributed by atoms with van der Waals surface area (Å²) in [6.07, 6.45) is 1.05. The Kier molecular flexibility index (Phi) is 5.49. The summed E-state index contributed by atoms with van der Waals surface area (Å²) in [5.74, 6) is 0.155. The van der Waals surface area contributed by atoms with Gasteiger partial charge in [-0.05, 0) is 18.9 Å². The fourth-order valence-electron chi connectivity index (χ4n) is 1.61. The number of hydrogen-bond acceptors (Lipinski definition) is 3. The number of amidine groups is 1. The molecule has 1 aromatic carbocycles. The molecule has 4 N–H and O–H groups in total. The van der Waals surface area contributed by atoms with Crippen LogP contribution in [0.4, 0.5) is 0 Å². The molecule has 1 rings (SSSR count). The van der Waals surface area contributed by atoms with Crippen LogP contribution in [0.3, 0.4) is 0 Å². The molecule has 94 valence electrons. The maximum atomic E-state index is 8.82. The molecule has 0 saturated heterocycles. The number of nitrogens with two attached hydrogens (primary N) is 1. The Labute approximate surface area is 103 Å². The molecular formula is C13H21N3O. The van der Waals surface area contributed by atoms with Crippen LogP contribution in [0.25, 0.3) is 0 Å². The van der Waals surface area contributed by atoms with Crippen LogP contribution >= 0.6 is 0 Å². The van der Waals surface area contributed by atoms with E-state index in [1.54, 1.807) is 0 Å². The van der Waals surface area contributed by atoms with Crippen molar-refractivity contribution in [3.8, 4) is 0 Å². The lowest BCUT2D eigenvalue weighted by atomic mass is 9.97. The highest BCUT2D eigenvalue weighted by Gasteiger charge is 2.16. The lowest BCUT2D eigenvalue weighted by Gasteiger charge is -2.19. The van der Waals surface area contributed by atoms with E-state index in [9.17, 15) is 0 Å². The molecule has 17 heavy (non-hydrogen) atoms. The molecule has 4 nitrogen and oxygen atoms in total. The Hall–Kier alpha value is -1.55. The van der Waals surface area contributed by atoms with E-state index in [4.69, 9.17) is 10.9 Å². The van der Waals surface area contributed by atoms with Gasteiger partial charge in [0.05, 0.1) is 5.92 Å². The number of nitrogens with zero attached hydrogens (tertiary/aromatic N) is 1. The predicted octanol–water partition coefficient (Wildman–Crippen LogP) is 1.90. The van der Waals surface area contributed by atoms with Crippen molar-refractivity contribution in [2.24, 2.45) is 10.9 Å².